The second-order valence-corrected chi connectivity index (χ2v) is 5.13. The van der Waals surface area contributed by atoms with Crippen molar-refractivity contribution in [3.63, 3.8) is 0 Å². The number of aryl methyl sites for hydroxylation is 1. The Balaban J connectivity index is 1.77. The molecule has 1 aliphatic rings. The summed E-state index contributed by atoms with van der Waals surface area (Å²) in [6.07, 6.45) is 4.04. The highest BCUT2D eigenvalue weighted by molar-refractivity contribution is 6.04. The molecule has 0 bridgehead atoms. The van der Waals surface area contributed by atoms with Crippen molar-refractivity contribution in [1.82, 2.24) is 10.2 Å². The normalized spacial score (nSPS) is 13.5. The number of aromatic amines is 1. The SMILES string of the molecule is NC(=O)c1ccc(NC(=O)c2n[nH]c3c2CCCC3)cc1. The standard InChI is InChI=1S/C15H16N4O2/c16-14(20)9-5-7-10(8-6-9)17-15(21)13-11-3-1-2-4-12(11)18-19-13/h5-8H,1-4H2,(H2,16,20)(H,17,21)(H,18,19). The van der Waals surface area contributed by atoms with Crippen LogP contribution in [0.15, 0.2) is 24.3 Å². The number of aromatic nitrogens is 2. The van der Waals surface area contributed by atoms with Gasteiger partial charge in [-0.15, -0.1) is 0 Å². The predicted molar refractivity (Wildman–Crippen MR) is 78.1 cm³/mol. The van der Waals surface area contributed by atoms with Crippen LogP contribution in [0.4, 0.5) is 5.69 Å². The Labute approximate surface area is 121 Å². The zero-order chi connectivity index (χ0) is 14.8. The molecule has 21 heavy (non-hydrogen) atoms. The van der Waals surface area contributed by atoms with Gasteiger partial charge in [0.15, 0.2) is 5.69 Å². The van der Waals surface area contributed by atoms with E-state index < -0.39 is 5.91 Å². The third kappa shape index (κ3) is 2.65. The lowest BCUT2D eigenvalue weighted by atomic mass is 9.96. The van der Waals surface area contributed by atoms with Gasteiger partial charge in [0.25, 0.3) is 5.91 Å². The van der Waals surface area contributed by atoms with Gasteiger partial charge in [-0.3, -0.25) is 14.7 Å². The number of nitrogens with two attached hydrogens (primary N) is 1. The number of amides is 2. The van der Waals surface area contributed by atoms with Crippen LogP contribution in [0.3, 0.4) is 0 Å². The maximum absolute atomic E-state index is 12.3. The highest BCUT2D eigenvalue weighted by atomic mass is 16.2. The van der Waals surface area contributed by atoms with Gasteiger partial charge in [-0.1, -0.05) is 0 Å². The van der Waals surface area contributed by atoms with Crippen molar-refractivity contribution < 1.29 is 9.59 Å². The van der Waals surface area contributed by atoms with E-state index in [9.17, 15) is 9.59 Å². The lowest BCUT2D eigenvalue weighted by Gasteiger charge is -2.11. The zero-order valence-corrected chi connectivity index (χ0v) is 11.5. The number of hydrogen-bond donors (Lipinski definition) is 3. The quantitative estimate of drug-likeness (QED) is 0.798. The number of hydrogen-bond acceptors (Lipinski definition) is 3. The average Bonchev–Trinajstić information content (AvgIpc) is 2.92. The number of carbonyl (C=O) groups excluding carboxylic acids is 2. The molecule has 2 aromatic rings. The maximum atomic E-state index is 12.3. The van der Waals surface area contributed by atoms with Gasteiger partial charge in [-0.05, 0) is 49.9 Å². The first-order chi connectivity index (χ1) is 10.1. The second kappa shape index (κ2) is 5.40. The summed E-state index contributed by atoms with van der Waals surface area (Å²) in [6.45, 7) is 0. The van der Waals surface area contributed by atoms with E-state index in [0.29, 0.717) is 16.9 Å². The van der Waals surface area contributed by atoms with E-state index in [0.717, 1.165) is 36.9 Å². The van der Waals surface area contributed by atoms with Crippen molar-refractivity contribution in [3.05, 3.63) is 46.8 Å². The number of fused-ring (bicyclic) bond motifs is 1. The van der Waals surface area contributed by atoms with Gasteiger partial charge in [-0.2, -0.15) is 5.10 Å². The van der Waals surface area contributed by atoms with Crippen molar-refractivity contribution in [2.45, 2.75) is 25.7 Å². The number of primary amides is 1. The molecular weight excluding hydrogens is 268 g/mol. The highest BCUT2D eigenvalue weighted by Crippen LogP contribution is 2.22. The Kier molecular flexibility index (Phi) is 3.43. The molecule has 0 aliphatic heterocycles. The summed E-state index contributed by atoms with van der Waals surface area (Å²) in [7, 11) is 0. The minimum absolute atomic E-state index is 0.235. The van der Waals surface area contributed by atoms with Crippen LogP contribution < -0.4 is 11.1 Å². The van der Waals surface area contributed by atoms with Crippen LogP contribution in [0, 0.1) is 0 Å². The fraction of sp³-hybridized carbons (Fsp3) is 0.267. The molecule has 4 N–H and O–H groups in total. The molecule has 0 unspecified atom stereocenters. The van der Waals surface area contributed by atoms with Crippen LogP contribution in [-0.4, -0.2) is 22.0 Å². The number of nitrogens with one attached hydrogen (secondary N) is 2. The van der Waals surface area contributed by atoms with Gasteiger partial charge in [0.05, 0.1) is 0 Å². The zero-order valence-electron chi connectivity index (χ0n) is 11.5. The number of anilines is 1. The van der Waals surface area contributed by atoms with E-state index >= 15 is 0 Å². The molecule has 0 radical (unpaired) electrons. The first-order valence-corrected chi connectivity index (χ1v) is 6.92. The lowest BCUT2D eigenvalue weighted by Crippen LogP contribution is -2.16. The third-order valence-corrected chi connectivity index (χ3v) is 3.70. The van der Waals surface area contributed by atoms with Crippen molar-refractivity contribution in [3.8, 4) is 0 Å². The van der Waals surface area contributed by atoms with E-state index in [-0.39, 0.29) is 5.91 Å². The molecule has 0 saturated heterocycles. The van der Waals surface area contributed by atoms with Crippen LogP contribution >= 0.6 is 0 Å². The molecule has 0 fully saturated rings. The molecule has 6 heteroatoms. The summed E-state index contributed by atoms with van der Waals surface area (Å²) < 4.78 is 0. The summed E-state index contributed by atoms with van der Waals surface area (Å²) >= 11 is 0. The molecule has 0 atom stereocenters. The molecule has 0 spiro atoms. The topological polar surface area (TPSA) is 101 Å². The molecule has 1 aromatic carbocycles. The van der Waals surface area contributed by atoms with Crippen molar-refractivity contribution >= 4 is 17.5 Å². The fourth-order valence-electron chi connectivity index (χ4n) is 2.58. The second-order valence-electron chi connectivity index (χ2n) is 5.13. The first-order valence-electron chi connectivity index (χ1n) is 6.92. The smallest absolute Gasteiger partial charge is 0.276 e. The van der Waals surface area contributed by atoms with Crippen molar-refractivity contribution in [1.29, 1.82) is 0 Å². The van der Waals surface area contributed by atoms with Crippen LogP contribution in [0.2, 0.25) is 0 Å². The van der Waals surface area contributed by atoms with Crippen molar-refractivity contribution in [2.75, 3.05) is 5.32 Å². The van der Waals surface area contributed by atoms with Gasteiger partial charge in [0, 0.05) is 22.5 Å². The monoisotopic (exact) mass is 284 g/mol. The third-order valence-electron chi connectivity index (χ3n) is 3.70. The van der Waals surface area contributed by atoms with Gasteiger partial charge in [-0.25, -0.2) is 0 Å². The summed E-state index contributed by atoms with van der Waals surface area (Å²) in [4.78, 5) is 23.3. The minimum Gasteiger partial charge on any atom is -0.366 e. The summed E-state index contributed by atoms with van der Waals surface area (Å²) in [5.74, 6) is -0.726. The van der Waals surface area contributed by atoms with Gasteiger partial charge < -0.3 is 11.1 Å². The maximum Gasteiger partial charge on any atom is 0.276 e. The number of benzene rings is 1. The molecule has 6 nitrogen and oxygen atoms in total. The molecule has 1 aromatic heterocycles. The van der Waals surface area contributed by atoms with E-state index in [1.807, 2.05) is 0 Å². The number of H-pyrrole nitrogens is 1. The molecule has 2 amide bonds. The Morgan fingerprint density at radius 1 is 1.14 bits per heavy atom. The molecule has 1 aliphatic carbocycles. The fourth-order valence-corrected chi connectivity index (χ4v) is 2.58. The number of carbonyl (C=O) groups is 2. The summed E-state index contributed by atoms with van der Waals surface area (Å²) in [5, 5.41) is 9.86. The van der Waals surface area contributed by atoms with Gasteiger partial charge in [0.2, 0.25) is 5.91 Å². The highest BCUT2D eigenvalue weighted by Gasteiger charge is 2.21. The largest absolute Gasteiger partial charge is 0.366 e. The Morgan fingerprint density at radius 3 is 2.57 bits per heavy atom. The predicted octanol–water partition coefficient (Wildman–Crippen LogP) is 1.64. The minimum atomic E-state index is -0.491. The van der Waals surface area contributed by atoms with Crippen molar-refractivity contribution in [2.24, 2.45) is 5.73 Å². The molecule has 3 rings (SSSR count). The van der Waals surface area contributed by atoms with E-state index in [1.165, 1.54) is 0 Å². The molecule has 108 valence electrons. The van der Waals surface area contributed by atoms with E-state index in [2.05, 4.69) is 15.5 Å². The Morgan fingerprint density at radius 2 is 1.86 bits per heavy atom. The van der Waals surface area contributed by atoms with Crippen LogP contribution in [0.25, 0.3) is 0 Å². The van der Waals surface area contributed by atoms with E-state index in [1.54, 1.807) is 24.3 Å². The Bertz CT molecular complexity index is 688. The van der Waals surface area contributed by atoms with Crippen LogP contribution in [0.5, 0.6) is 0 Å². The molecule has 1 heterocycles. The van der Waals surface area contributed by atoms with Gasteiger partial charge >= 0.3 is 0 Å². The number of nitrogens with zero attached hydrogens (tertiary/aromatic N) is 1. The molecular formula is C15H16N4O2. The van der Waals surface area contributed by atoms with E-state index in [4.69, 9.17) is 5.73 Å². The molecule has 0 saturated carbocycles. The number of rotatable bonds is 3. The summed E-state index contributed by atoms with van der Waals surface area (Å²) in [5.41, 5.74) is 8.74. The summed E-state index contributed by atoms with van der Waals surface area (Å²) in [6, 6.07) is 6.46. The average molecular weight is 284 g/mol. The lowest BCUT2D eigenvalue weighted by molar-refractivity contribution is 0.0997. The first kappa shape index (κ1) is 13.4. The van der Waals surface area contributed by atoms with Crippen LogP contribution in [-0.2, 0) is 12.8 Å². The van der Waals surface area contributed by atoms with Gasteiger partial charge in [0.1, 0.15) is 0 Å². The Hall–Kier alpha value is -2.63. The van der Waals surface area contributed by atoms with Crippen LogP contribution in [0.1, 0.15) is 44.9 Å².